The average molecular weight is 417 g/mol. The van der Waals surface area contributed by atoms with Crippen molar-refractivity contribution in [2.45, 2.75) is 6.42 Å². The standard InChI is InChI=1S/C23H17F2N5O/c24-17-5-1-15(2-6-17)9-11-26-22-27-12-10-19(28-22)21-20(16-3-7-18(25)8-4-16)29-23-30(21)13-14-31-23/h1-8,10,12-14H,9,11H2,(H,26,27,28). The Bertz CT molecular complexity index is 1330. The van der Waals surface area contributed by atoms with Gasteiger partial charge in [-0.25, -0.2) is 18.7 Å². The van der Waals surface area contributed by atoms with Crippen molar-refractivity contribution in [2.75, 3.05) is 11.9 Å². The molecule has 154 valence electrons. The van der Waals surface area contributed by atoms with Crippen molar-refractivity contribution in [1.82, 2.24) is 19.4 Å². The zero-order valence-corrected chi connectivity index (χ0v) is 16.3. The highest BCUT2D eigenvalue weighted by Crippen LogP contribution is 2.32. The molecular formula is C23H17F2N5O. The van der Waals surface area contributed by atoms with Crippen molar-refractivity contribution in [3.63, 3.8) is 0 Å². The van der Waals surface area contributed by atoms with Crippen molar-refractivity contribution < 1.29 is 13.2 Å². The molecule has 0 aliphatic rings. The molecule has 0 amide bonds. The predicted molar refractivity (Wildman–Crippen MR) is 112 cm³/mol. The summed E-state index contributed by atoms with van der Waals surface area (Å²) in [6.07, 6.45) is 5.67. The number of hydrogen-bond donors (Lipinski definition) is 1. The third-order valence-corrected chi connectivity index (χ3v) is 4.89. The van der Waals surface area contributed by atoms with Gasteiger partial charge >= 0.3 is 5.84 Å². The van der Waals surface area contributed by atoms with Crippen LogP contribution >= 0.6 is 0 Å². The van der Waals surface area contributed by atoms with Gasteiger partial charge in [0.05, 0.1) is 5.69 Å². The van der Waals surface area contributed by atoms with Gasteiger partial charge in [0.1, 0.15) is 29.3 Å². The molecule has 2 aromatic carbocycles. The molecule has 0 saturated carbocycles. The van der Waals surface area contributed by atoms with E-state index in [1.54, 1.807) is 53.4 Å². The zero-order valence-electron chi connectivity index (χ0n) is 16.3. The van der Waals surface area contributed by atoms with E-state index in [0.29, 0.717) is 36.1 Å². The molecule has 8 heteroatoms. The first-order valence-corrected chi connectivity index (χ1v) is 9.70. The third kappa shape index (κ3) is 3.87. The Kier molecular flexibility index (Phi) is 4.87. The molecule has 0 atom stereocenters. The highest BCUT2D eigenvalue weighted by molar-refractivity contribution is 5.79. The molecule has 31 heavy (non-hydrogen) atoms. The molecule has 0 fully saturated rings. The third-order valence-electron chi connectivity index (χ3n) is 4.89. The van der Waals surface area contributed by atoms with Crippen LogP contribution in [0.15, 0.2) is 77.7 Å². The van der Waals surface area contributed by atoms with E-state index >= 15 is 0 Å². The maximum Gasteiger partial charge on any atom is 0.306 e. The summed E-state index contributed by atoms with van der Waals surface area (Å²) in [5.74, 6) is 0.306. The molecule has 0 aliphatic carbocycles. The number of rotatable bonds is 6. The lowest BCUT2D eigenvalue weighted by atomic mass is 10.1. The first-order chi connectivity index (χ1) is 15.2. The van der Waals surface area contributed by atoms with Crippen LogP contribution in [0, 0.1) is 11.6 Å². The quantitative estimate of drug-likeness (QED) is 0.422. The minimum absolute atomic E-state index is 0.254. The summed E-state index contributed by atoms with van der Waals surface area (Å²) < 4.78 is 33.7. The van der Waals surface area contributed by atoms with E-state index in [-0.39, 0.29) is 11.6 Å². The Labute approximate surface area is 176 Å². The van der Waals surface area contributed by atoms with E-state index in [1.807, 2.05) is 0 Å². The lowest BCUT2D eigenvalue weighted by Gasteiger charge is -2.08. The molecule has 3 heterocycles. The number of hydrogen-bond acceptors (Lipinski definition) is 5. The van der Waals surface area contributed by atoms with Gasteiger partial charge < -0.3 is 9.73 Å². The number of fused-ring (bicyclic) bond motifs is 1. The van der Waals surface area contributed by atoms with Crippen LogP contribution in [0.25, 0.3) is 28.5 Å². The molecule has 0 aliphatic heterocycles. The number of oxazole rings is 1. The number of nitrogens with zero attached hydrogens (tertiary/aromatic N) is 4. The van der Waals surface area contributed by atoms with Crippen molar-refractivity contribution in [3.8, 4) is 22.6 Å². The van der Waals surface area contributed by atoms with Crippen molar-refractivity contribution in [1.29, 1.82) is 0 Å². The summed E-state index contributed by atoms with van der Waals surface area (Å²) in [6.45, 7) is 0.591. The van der Waals surface area contributed by atoms with Gasteiger partial charge in [0.2, 0.25) is 5.95 Å². The summed E-state index contributed by atoms with van der Waals surface area (Å²) in [5.41, 5.74) is 3.77. The minimum Gasteiger partial charge on any atom is -0.432 e. The van der Waals surface area contributed by atoms with E-state index in [2.05, 4.69) is 20.3 Å². The van der Waals surface area contributed by atoms with E-state index in [9.17, 15) is 8.78 Å². The normalized spacial score (nSPS) is 11.2. The van der Waals surface area contributed by atoms with E-state index in [1.165, 1.54) is 24.3 Å². The van der Waals surface area contributed by atoms with Crippen molar-refractivity contribution >= 4 is 11.8 Å². The highest BCUT2D eigenvalue weighted by Gasteiger charge is 2.19. The minimum atomic E-state index is -0.317. The molecule has 5 aromatic rings. The fraction of sp³-hybridized carbons (Fsp3) is 0.0870. The van der Waals surface area contributed by atoms with Gasteiger partial charge in [-0.3, -0.25) is 4.40 Å². The smallest absolute Gasteiger partial charge is 0.306 e. The maximum absolute atomic E-state index is 13.4. The van der Waals surface area contributed by atoms with E-state index < -0.39 is 0 Å². The van der Waals surface area contributed by atoms with Crippen LogP contribution < -0.4 is 5.32 Å². The number of benzene rings is 2. The molecular weight excluding hydrogens is 400 g/mol. The molecule has 0 radical (unpaired) electrons. The van der Waals surface area contributed by atoms with Crippen LogP contribution in [0.5, 0.6) is 0 Å². The van der Waals surface area contributed by atoms with E-state index in [4.69, 9.17) is 4.42 Å². The molecule has 0 unspecified atom stereocenters. The van der Waals surface area contributed by atoms with Crippen LogP contribution in [0.3, 0.4) is 0 Å². The first kappa shape index (κ1) is 18.9. The predicted octanol–water partition coefficient (Wildman–Crippen LogP) is 4.98. The molecule has 0 spiro atoms. The average Bonchev–Trinajstić information content (AvgIpc) is 3.37. The lowest BCUT2D eigenvalue weighted by molar-refractivity contribution is 0.596. The number of halogens is 2. The Balaban J connectivity index is 1.44. The second-order valence-electron chi connectivity index (χ2n) is 6.94. The number of nitrogens with one attached hydrogen (secondary N) is 1. The molecule has 3 aromatic heterocycles. The van der Waals surface area contributed by atoms with Gasteiger partial charge in [-0.05, 0) is 54.4 Å². The summed E-state index contributed by atoms with van der Waals surface area (Å²) in [6, 6.07) is 14.3. The highest BCUT2D eigenvalue weighted by atomic mass is 19.1. The van der Waals surface area contributed by atoms with Gasteiger partial charge in [-0.1, -0.05) is 12.1 Å². The van der Waals surface area contributed by atoms with Crippen LogP contribution in [-0.4, -0.2) is 25.9 Å². The largest absolute Gasteiger partial charge is 0.432 e. The first-order valence-electron chi connectivity index (χ1n) is 9.70. The fourth-order valence-electron chi connectivity index (χ4n) is 3.38. The number of aromatic nitrogens is 4. The van der Waals surface area contributed by atoms with Crippen LogP contribution in [0.2, 0.25) is 0 Å². The Morgan fingerprint density at radius 1 is 0.903 bits per heavy atom. The second-order valence-corrected chi connectivity index (χ2v) is 6.94. The summed E-state index contributed by atoms with van der Waals surface area (Å²) in [7, 11) is 0. The Morgan fingerprint density at radius 2 is 1.65 bits per heavy atom. The Hall–Kier alpha value is -4.07. The van der Waals surface area contributed by atoms with Gasteiger partial charge in [-0.2, -0.15) is 4.98 Å². The zero-order chi connectivity index (χ0) is 21.2. The van der Waals surface area contributed by atoms with Gasteiger partial charge in [0.25, 0.3) is 0 Å². The SMILES string of the molecule is Fc1ccc(CCNc2nccc(-c3c(-c4ccc(F)cc4)nc4occn34)n2)cc1. The summed E-state index contributed by atoms with van der Waals surface area (Å²) in [5, 5.41) is 3.20. The number of anilines is 1. The Morgan fingerprint density at radius 3 is 2.42 bits per heavy atom. The van der Waals surface area contributed by atoms with Crippen LogP contribution in [0.4, 0.5) is 14.7 Å². The summed E-state index contributed by atoms with van der Waals surface area (Å²) >= 11 is 0. The topological polar surface area (TPSA) is 68.2 Å². The maximum atomic E-state index is 13.4. The second kappa shape index (κ2) is 7.98. The van der Waals surface area contributed by atoms with Crippen LogP contribution in [0.1, 0.15) is 5.56 Å². The van der Waals surface area contributed by atoms with Gasteiger partial charge in [0.15, 0.2) is 0 Å². The van der Waals surface area contributed by atoms with Gasteiger partial charge in [-0.15, -0.1) is 0 Å². The lowest BCUT2D eigenvalue weighted by Crippen LogP contribution is -2.08. The van der Waals surface area contributed by atoms with Gasteiger partial charge in [0, 0.05) is 24.5 Å². The van der Waals surface area contributed by atoms with E-state index in [0.717, 1.165) is 16.8 Å². The molecule has 6 nitrogen and oxygen atoms in total. The van der Waals surface area contributed by atoms with Crippen molar-refractivity contribution in [3.05, 3.63) is 90.5 Å². The van der Waals surface area contributed by atoms with Crippen LogP contribution in [-0.2, 0) is 6.42 Å². The molecule has 5 rings (SSSR count). The molecule has 1 N–H and O–H groups in total. The fourth-order valence-corrected chi connectivity index (χ4v) is 3.38. The monoisotopic (exact) mass is 417 g/mol. The number of imidazole rings is 1. The summed E-state index contributed by atoms with van der Waals surface area (Å²) in [4.78, 5) is 13.5. The molecule has 0 saturated heterocycles. The molecule has 0 bridgehead atoms. The van der Waals surface area contributed by atoms with Crippen molar-refractivity contribution in [2.24, 2.45) is 0 Å².